The number of rotatable bonds is 6. The molecule has 0 aliphatic carbocycles. The Morgan fingerprint density at radius 2 is 1.52 bits per heavy atom. The Kier molecular flexibility index (Phi) is 8.88. The number of para-hydroxylation sites is 2. The molecule has 3 heterocycles. The van der Waals surface area contributed by atoms with Crippen molar-refractivity contribution in [3.63, 3.8) is 0 Å². The second-order valence-corrected chi connectivity index (χ2v) is 13.6. The Hall–Kier alpha value is -4.60. The fourth-order valence-electron chi connectivity index (χ4n) is 6.74. The molecule has 10 nitrogen and oxygen atoms in total. The number of H-pyrrole nitrogens is 1. The number of ether oxygens (including phenoxy) is 1. The number of hydrogen-bond acceptors (Lipinski definition) is 5. The Morgan fingerprint density at radius 3 is 2.24 bits per heavy atom. The highest BCUT2D eigenvalue weighted by Gasteiger charge is 2.34. The summed E-state index contributed by atoms with van der Waals surface area (Å²) in [4.78, 5) is 59.5. The van der Waals surface area contributed by atoms with Crippen LogP contribution in [0.15, 0.2) is 71.5 Å². The molecule has 6 rings (SSSR count). The summed E-state index contributed by atoms with van der Waals surface area (Å²) in [5.74, 6) is -0.578. The number of carbonyl (C=O) groups is 3. The SMILES string of the molecule is CC(C)(C)OC(=O)N1CCC(C(=O)N[C@H](Cc2ccc3ccccc3c2)C(=O)N2CCC(n3c(=O)[nH]c4ccccc43)CC2)CC1. The van der Waals surface area contributed by atoms with Gasteiger partial charge in [0.2, 0.25) is 11.8 Å². The summed E-state index contributed by atoms with van der Waals surface area (Å²) in [7, 11) is 0. The van der Waals surface area contributed by atoms with Gasteiger partial charge in [-0.15, -0.1) is 0 Å². The van der Waals surface area contributed by atoms with Crippen molar-refractivity contribution in [2.45, 2.75) is 70.6 Å². The molecule has 46 heavy (non-hydrogen) atoms. The lowest BCUT2D eigenvalue weighted by Crippen LogP contribution is -2.54. The molecule has 2 N–H and O–H groups in total. The van der Waals surface area contributed by atoms with E-state index in [9.17, 15) is 19.2 Å². The number of nitrogens with one attached hydrogen (secondary N) is 2. The van der Waals surface area contributed by atoms with Gasteiger partial charge in [-0.05, 0) is 74.9 Å². The standard InChI is InChI=1S/C36H43N5O5/c1-36(2,3)46-35(45)40-18-14-26(15-19-40)32(42)37-30(23-24-12-13-25-8-4-5-9-27(25)22-24)33(43)39-20-16-28(17-21-39)41-31-11-7-6-10-29(31)38-34(41)44/h4-13,22,26,28,30H,14-21,23H2,1-3H3,(H,37,42)(H,38,44)/t30-/m1/s1. The van der Waals surface area contributed by atoms with Gasteiger partial charge in [0.05, 0.1) is 11.0 Å². The van der Waals surface area contributed by atoms with Crippen LogP contribution in [0.3, 0.4) is 0 Å². The van der Waals surface area contributed by atoms with E-state index in [0.717, 1.165) is 27.4 Å². The fraction of sp³-hybridized carbons (Fsp3) is 0.444. The molecule has 10 heteroatoms. The Labute approximate surface area is 268 Å². The predicted molar refractivity (Wildman–Crippen MR) is 178 cm³/mol. The van der Waals surface area contributed by atoms with Gasteiger partial charge in [-0.2, -0.15) is 0 Å². The molecular formula is C36H43N5O5. The topological polar surface area (TPSA) is 117 Å². The van der Waals surface area contributed by atoms with E-state index in [4.69, 9.17) is 4.74 Å². The third-order valence-electron chi connectivity index (χ3n) is 9.15. The summed E-state index contributed by atoms with van der Waals surface area (Å²) in [6, 6.07) is 21.1. The van der Waals surface area contributed by atoms with E-state index in [2.05, 4.69) is 22.4 Å². The van der Waals surface area contributed by atoms with Gasteiger partial charge in [-0.1, -0.05) is 54.6 Å². The van der Waals surface area contributed by atoms with Gasteiger partial charge in [-0.3, -0.25) is 14.2 Å². The van der Waals surface area contributed by atoms with Crippen molar-refractivity contribution < 1.29 is 19.1 Å². The van der Waals surface area contributed by atoms with Crippen LogP contribution in [0.5, 0.6) is 0 Å². The van der Waals surface area contributed by atoms with Gasteiger partial charge < -0.3 is 24.8 Å². The lowest BCUT2D eigenvalue weighted by molar-refractivity contribution is -0.138. The average molecular weight is 626 g/mol. The third-order valence-corrected chi connectivity index (χ3v) is 9.15. The minimum absolute atomic E-state index is 0.0172. The van der Waals surface area contributed by atoms with Crippen LogP contribution in [-0.2, 0) is 20.7 Å². The molecule has 1 atom stereocenters. The second kappa shape index (κ2) is 13.0. The zero-order valence-corrected chi connectivity index (χ0v) is 26.8. The normalized spacial score (nSPS) is 17.3. The summed E-state index contributed by atoms with van der Waals surface area (Å²) in [6.07, 6.45) is 2.31. The van der Waals surface area contributed by atoms with E-state index in [0.29, 0.717) is 58.3 Å². The first-order valence-electron chi connectivity index (χ1n) is 16.3. The first-order valence-corrected chi connectivity index (χ1v) is 16.3. The maximum atomic E-state index is 14.1. The van der Waals surface area contributed by atoms with Gasteiger partial charge in [0.25, 0.3) is 0 Å². The number of likely N-dealkylation sites (tertiary alicyclic amines) is 2. The van der Waals surface area contributed by atoms with Crippen LogP contribution in [0.4, 0.5) is 4.79 Å². The number of benzene rings is 3. The molecule has 0 saturated carbocycles. The van der Waals surface area contributed by atoms with E-state index in [1.807, 2.05) is 84.8 Å². The number of hydrogen-bond donors (Lipinski definition) is 2. The van der Waals surface area contributed by atoms with Crippen molar-refractivity contribution >= 4 is 39.7 Å². The van der Waals surface area contributed by atoms with E-state index in [-0.39, 0.29) is 35.6 Å². The minimum Gasteiger partial charge on any atom is -0.444 e. The van der Waals surface area contributed by atoms with Crippen LogP contribution >= 0.6 is 0 Å². The Balaban J connectivity index is 1.15. The van der Waals surface area contributed by atoms with Crippen molar-refractivity contribution in [2.24, 2.45) is 5.92 Å². The number of carbonyl (C=O) groups excluding carboxylic acids is 3. The lowest BCUT2D eigenvalue weighted by Gasteiger charge is -2.36. The largest absolute Gasteiger partial charge is 0.444 e. The van der Waals surface area contributed by atoms with Crippen LogP contribution in [0, 0.1) is 5.92 Å². The predicted octanol–water partition coefficient (Wildman–Crippen LogP) is 5.02. The number of amides is 3. The molecule has 2 saturated heterocycles. The van der Waals surface area contributed by atoms with Gasteiger partial charge in [-0.25, -0.2) is 9.59 Å². The molecule has 4 aromatic rings. The van der Waals surface area contributed by atoms with E-state index in [1.54, 1.807) is 4.90 Å². The first kappa shape index (κ1) is 31.4. The highest BCUT2D eigenvalue weighted by atomic mass is 16.6. The maximum Gasteiger partial charge on any atom is 0.410 e. The Bertz CT molecular complexity index is 1790. The van der Waals surface area contributed by atoms with E-state index >= 15 is 0 Å². The molecule has 2 aliphatic rings. The highest BCUT2D eigenvalue weighted by molar-refractivity contribution is 5.89. The molecule has 0 bridgehead atoms. The molecule has 242 valence electrons. The van der Waals surface area contributed by atoms with Crippen LogP contribution in [-0.4, -0.2) is 75.1 Å². The molecular weight excluding hydrogens is 582 g/mol. The van der Waals surface area contributed by atoms with Gasteiger partial charge >= 0.3 is 11.8 Å². The van der Waals surface area contributed by atoms with Crippen molar-refractivity contribution in [3.05, 3.63) is 82.8 Å². The number of piperidine rings is 2. The van der Waals surface area contributed by atoms with Crippen molar-refractivity contribution in [3.8, 4) is 0 Å². The van der Waals surface area contributed by atoms with Crippen molar-refractivity contribution in [2.75, 3.05) is 26.2 Å². The number of nitrogens with zero attached hydrogens (tertiary/aromatic N) is 3. The zero-order valence-electron chi connectivity index (χ0n) is 26.8. The molecule has 3 amide bonds. The molecule has 2 fully saturated rings. The number of aromatic nitrogens is 2. The molecule has 3 aromatic carbocycles. The highest BCUT2D eigenvalue weighted by Crippen LogP contribution is 2.26. The van der Waals surface area contributed by atoms with Crippen LogP contribution < -0.4 is 11.0 Å². The molecule has 1 aromatic heterocycles. The number of fused-ring (bicyclic) bond motifs is 2. The van der Waals surface area contributed by atoms with Crippen LogP contribution in [0.1, 0.15) is 58.1 Å². The summed E-state index contributed by atoms with van der Waals surface area (Å²) in [5.41, 5.74) is 1.93. The van der Waals surface area contributed by atoms with E-state index in [1.165, 1.54) is 0 Å². The monoisotopic (exact) mass is 625 g/mol. The van der Waals surface area contributed by atoms with E-state index < -0.39 is 11.6 Å². The zero-order chi connectivity index (χ0) is 32.4. The lowest BCUT2D eigenvalue weighted by atomic mass is 9.94. The smallest absolute Gasteiger partial charge is 0.410 e. The molecule has 0 unspecified atom stereocenters. The number of imidazole rings is 1. The number of aromatic amines is 1. The summed E-state index contributed by atoms with van der Waals surface area (Å²) in [6.45, 7) is 7.35. The van der Waals surface area contributed by atoms with Crippen LogP contribution in [0.25, 0.3) is 21.8 Å². The Morgan fingerprint density at radius 1 is 0.870 bits per heavy atom. The summed E-state index contributed by atoms with van der Waals surface area (Å²) in [5, 5.41) is 5.31. The maximum absolute atomic E-state index is 14.1. The van der Waals surface area contributed by atoms with Crippen molar-refractivity contribution in [1.82, 2.24) is 24.7 Å². The average Bonchev–Trinajstić information content (AvgIpc) is 3.39. The van der Waals surface area contributed by atoms with Gasteiger partial charge in [0.1, 0.15) is 11.6 Å². The first-order chi connectivity index (χ1) is 22.1. The molecule has 0 spiro atoms. The molecule has 0 radical (unpaired) electrons. The quantitative estimate of drug-likeness (QED) is 0.312. The second-order valence-electron chi connectivity index (χ2n) is 13.6. The van der Waals surface area contributed by atoms with Crippen molar-refractivity contribution in [1.29, 1.82) is 0 Å². The van der Waals surface area contributed by atoms with Gasteiger partial charge in [0, 0.05) is 44.6 Å². The molecule has 2 aliphatic heterocycles. The fourth-order valence-corrected chi connectivity index (χ4v) is 6.74. The summed E-state index contributed by atoms with van der Waals surface area (Å²) < 4.78 is 7.32. The van der Waals surface area contributed by atoms with Gasteiger partial charge in [0.15, 0.2) is 0 Å². The minimum atomic E-state index is -0.732. The third kappa shape index (κ3) is 6.95. The van der Waals surface area contributed by atoms with Crippen LogP contribution in [0.2, 0.25) is 0 Å². The summed E-state index contributed by atoms with van der Waals surface area (Å²) >= 11 is 0.